The SMILES string of the molecule is COc1ccc(C2CNC(CC(C)C)CO2)c(OC)c1. The van der Waals surface area contributed by atoms with E-state index < -0.39 is 0 Å². The van der Waals surface area contributed by atoms with E-state index in [0.717, 1.165) is 36.6 Å². The van der Waals surface area contributed by atoms with Crippen LogP contribution >= 0.6 is 0 Å². The summed E-state index contributed by atoms with van der Waals surface area (Å²) in [4.78, 5) is 0. The largest absolute Gasteiger partial charge is 0.497 e. The highest BCUT2D eigenvalue weighted by molar-refractivity contribution is 5.42. The Labute approximate surface area is 121 Å². The first-order chi connectivity index (χ1) is 9.63. The summed E-state index contributed by atoms with van der Waals surface area (Å²) in [6, 6.07) is 6.32. The molecular formula is C16H25NO3. The Hall–Kier alpha value is -1.26. The zero-order valence-corrected chi connectivity index (χ0v) is 12.8. The van der Waals surface area contributed by atoms with E-state index in [1.54, 1.807) is 14.2 Å². The topological polar surface area (TPSA) is 39.7 Å². The molecule has 4 nitrogen and oxygen atoms in total. The molecule has 112 valence electrons. The maximum atomic E-state index is 6.01. The van der Waals surface area contributed by atoms with Crippen LogP contribution in [0.25, 0.3) is 0 Å². The lowest BCUT2D eigenvalue weighted by Gasteiger charge is -2.32. The van der Waals surface area contributed by atoms with Crippen LogP contribution < -0.4 is 14.8 Å². The van der Waals surface area contributed by atoms with Crippen molar-refractivity contribution >= 4 is 0 Å². The maximum Gasteiger partial charge on any atom is 0.128 e. The van der Waals surface area contributed by atoms with Crippen molar-refractivity contribution in [3.63, 3.8) is 0 Å². The van der Waals surface area contributed by atoms with Gasteiger partial charge in [0, 0.05) is 24.2 Å². The Bertz CT molecular complexity index is 426. The van der Waals surface area contributed by atoms with Gasteiger partial charge in [-0.15, -0.1) is 0 Å². The number of benzene rings is 1. The first-order valence-electron chi connectivity index (χ1n) is 7.21. The Morgan fingerprint density at radius 1 is 1.30 bits per heavy atom. The number of nitrogens with one attached hydrogen (secondary N) is 1. The molecule has 0 saturated carbocycles. The van der Waals surface area contributed by atoms with Crippen molar-refractivity contribution in [1.82, 2.24) is 5.32 Å². The maximum absolute atomic E-state index is 6.01. The number of hydrogen-bond acceptors (Lipinski definition) is 4. The van der Waals surface area contributed by atoms with E-state index in [2.05, 4.69) is 19.2 Å². The van der Waals surface area contributed by atoms with Gasteiger partial charge in [-0.2, -0.15) is 0 Å². The first kappa shape index (κ1) is 15.1. The fourth-order valence-electron chi connectivity index (χ4n) is 2.63. The minimum absolute atomic E-state index is 0.0410. The molecule has 2 unspecified atom stereocenters. The van der Waals surface area contributed by atoms with Crippen LogP contribution in [0, 0.1) is 5.92 Å². The molecule has 4 heteroatoms. The van der Waals surface area contributed by atoms with E-state index in [-0.39, 0.29) is 6.10 Å². The van der Waals surface area contributed by atoms with Gasteiger partial charge >= 0.3 is 0 Å². The van der Waals surface area contributed by atoms with Gasteiger partial charge in [-0.25, -0.2) is 0 Å². The van der Waals surface area contributed by atoms with E-state index in [1.807, 2.05) is 18.2 Å². The summed E-state index contributed by atoms with van der Waals surface area (Å²) in [5, 5.41) is 3.57. The summed E-state index contributed by atoms with van der Waals surface area (Å²) in [6.07, 6.45) is 1.19. The van der Waals surface area contributed by atoms with E-state index in [9.17, 15) is 0 Å². The first-order valence-corrected chi connectivity index (χ1v) is 7.21. The van der Waals surface area contributed by atoms with Crippen molar-refractivity contribution in [2.24, 2.45) is 5.92 Å². The molecule has 0 aliphatic carbocycles. The summed E-state index contributed by atoms with van der Waals surface area (Å²) in [6.45, 7) is 6.04. The minimum Gasteiger partial charge on any atom is -0.497 e. The molecule has 0 bridgehead atoms. The van der Waals surface area contributed by atoms with Gasteiger partial charge in [-0.05, 0) is 24.5 Å². The molecule has 2 rings (SSSR count). The minimum atomic E-state index is 0.0410. The highest BCUT2D eigenvalue weighted by atomic mass is 16.5. The van der Waals surface area contributed by atoms with Crippen molar-refractivity contribution in [3.05, 3.63) is 23.8 Å². The van der Waals surface area contributed by atoms with Gasteiger partial charge in [0.15, 0.2) is 0 Å². The van der Waals surface area contributed by atoms with Gasteiger partial charge in [-0.1, -0.05) is 13.8 Å². The molecule has 1 aromatic carbocycles. The average Bonchev–Trinajstić information content (AvgIpc) is 2.47. The summed E-state index contributed by atoms with van der Waals surface area (Å²) in [7, 11) is 3.33. The van der Waals surface area contributed by atoms with Crippen LogP contribution in [-0.2, 0) is 4.74 Å². The van der Waals surface area contributed by atoms with E-state index in [4.69, 9.17) is 14.2 Å². The van der Waals surface area contributed by atoms with Gasteiger partial charge < -0.3 is 19.5 Å². The molecule has 1 saturated heterocycles. The lowest BCUT2D eigenvalue weighted by molar-refractivity contribution is -0.00246. The van der Waals surface area contributed by atoms with E-state index in [0.29, 0.717) is 12.0 Å². The Balaban J connectivity index is 2.03. The predicted molar refractivity (Wildman–Crippen MR) is 79.5 cm³/mol. The second-order valence-electron chi connectivity index (χ2n) is 5.66. The highest BCUT2D eigenvalue weighted by Crippen LogP contribution is 2.32. The number of rotatable bonds is 5. The summed E-state index contributed by atoms with van der Waals surface area (Å²) >= 11 is 0. The van der Waals surface area contributed by atoms with Crippen LogP contribution in [0.15, 0.2) is 18.2 Å². The van der Waals surface area contributed by atoms with Crippen molar-refractivity contribution in [2.45, 2.75) is 32.4 Å². The predicted octanol–water partition coefficient (Wildman–Crippen LogP) is 2.78. The number of ether oxygens (including phenoxy) is 3. The van der Waals surface area contributed by atoms with Gasteiger partial charge in [0.25, 0.3) is 0 Å². The molecule has 0 spiro atoms. The zero-order chi connectivity index (χ0) is 14.5. The van der Waals surface area contributed by atoms with E-state index >= 15 is 0 Å². The lowest BCUT2D eigenvalue weighted by Crippen LogP contribution is -2.43. The quantitative estimate of drug-likeness (QED) is 0.899. The Morgan fingerprint density at radius 2 is 2.10 bits per heavy atom. The van der Waals surface area contributed by atoms with Gasteiger partial charge in [0.1, 0.15) is 11.5 Å². The Morgan fingerprint density at radius 3 is 2.65 bits per heavy atom. The Kier molecular flexibility index (Phi) is 5.26. The van der Waals surface area contributed by atoms with Crippen LogP contribution in [0.3, 0.4) is 0 Å². The third-order valence-electron chi connectivity index (χ3n) is 3.63. The molecule has 1 aromatic rings. The highest BCUT2D eigenvalue weighted by Gasteiger charge is 2.25. The number of hydrogen-bond donors (Lipinski definition) is 1. The van der Waals surface area contributed by atoms with Crippen LogP contribution in [0.4, 0.5) is 0 Å². The smallest absolute Gasteiger partial charge is 0.128 e. The van der Waals surface area contributed by atoms with Crippen LogP contribution in [-0.4, -0.2) is 33.4 Å². The fourth-order valence-corrected chi connectivity index (χ4v) is 2.63. The third kappa shape index (κ3) is 3.64. The summed E-state index contributed by atoms with van der Waals surface area (Å²) in [5.41, 5.74) is 1.07. The molecule has 0 radical (unpaired) electrons. The normalized spacial score (nSPS) is 22.9. The molecule has 0 aromatic heterocycles. The van der Waals surface area contributed by atoms with Gasteiger partial charge in [0.2, 0.25) is 0 Å². The fraction of sp³-hybridized carbons (Fsp3) is 0.625. The zero-order valence-electron chi connectivity index (χ0n) is 12.8. The molecule has 1 aliphatic heterocycles. The lowest BCUT2D eigenvalue weighted by atomic mass is 10.0. The standard InChI is InChI=1S/C16H25NO3/c1-11(2)7-12-10-20-16(9-17-12)14-6-5-13(18-3)8-15(14)19-4/h5-6,8,11-12,16-17H,7,9-10H2,1-4H3. The second kappa shape index (κ2) is 6.95. The van der Waals surface area contributed by atoms with Crippen LogP contribution in [0.2, 0.25) is 0 Å². The van der Waals surface area contributed by atoms with Crippen molar-refractivity contribution in [2.75, 3.05) is 27.4 Å². The third-order valence-corrected chi connectivity index (χ3v) is 3.63. The van der Waals surface area contributed by atoms with Crippen molar-refractivity contribution in [1.29, 1.82) is 0 Å². The monoisotopic (exact) mass is 279 g/mol. The molecular weight excluding hydrogens is 254 g/mol. The molecule has 1 aliphatic rings. The molecule has 1 fully saturated rings. The summed E-state index contributed by atoms with van der Waals surface area (Å²) in [5.74, 6) is 2.30. The van der Waals surface area contributed by atoms with Crippen molar-refractivity contribution in [3.8, 4) is 11.5 Å². The summed E-state index contributed by atoms with van der Waals surface area (Å²) < 4.78 is 16.7. The second-order valence-corrected chi connectivity index (χ2v) is 5.66. The van der Waals surface area contributed by atoms with Crippen LogP contribution in [0.1, 0.15) is 31.9 Å². The molecule has 1 heterocycles. The number of methoxy groups -OCH3 is 2. The van der Waals surface area contributed by atoms with Crippen molar-refractivity contribution < 1.29 is 14.2 Å². The van der Waals surface area contributed by atoms with Gasteiger partial charge in [-0.3, -0.25) is 0 Å². The molecule has 1 N–H and O–H groups in total. The van der Waals surface area contributed by atoms with Crippen LogP contribution in [0.5, 0.6) is 11.5 Å². The molecule has 0 amide bonds. The van der Waals surface area contributed by atoms with Gasteiger partial charge in [0.05, 0.1) is 26.9 Å². The molecule has 2 atom stereocenters. The molecule has 20 heavy (non-hydrogen) atoms. The van der Waals surface area contributed by atoms with E-state index in [1.165, 1.54) is 0 Å². The average molecular weight is 279 g/mol. The number of morpholine rings is 1.